The third kappa shape index (κ3) is 17.2. The summed E-state index contributed by atoms with van der Waals surface area (Å²) in [5.41, 5.74) is 5.87. The average Bonchev–Trinajstić information content (AvgIpc) is 3.18. The van der Waals surface area contributed by atoms with Gasteiger partial charge in [0.2, 0.25) is 0 Å². The van der Waals surface area contributed by atoms with Crippen LogP contribution in [0.2, 0.25) is 0 Å². The number of ketones is 3. The van der Waals surface area contributed by atoms with E-state index in [2.05, 4.69) is 9.78 Å². The first-order valence-corrected chi connectivity index (χ1v) is 16.0. The quantitative estimate of drug-likeness (QED) is 0.0466. The van der Waals surface area contributed by atoms with Gasteiger partial charge in [0.05, 0.1) is 5.56 Å². The monoisotopic (exact) mass is 730 g/mol. The summed E-state index contributed by atoms with van der Waals surface area (Å²) in [6, 6.07) is 39.3. The van der Waals surface area contributed by atoms with Crippen molar-refractivity contribution in [1.29, 1.82) is 0 Å². The molecule has 0 aliphatic rings. The minimum atomic E-state index is -1.00. The van der Waals surface area contributed by atoms with Gasteiger partial charge in [-0.1, -0.05) is 154 Å². The maximum absolute atomic E-state index is 11.9. The SMILES string of the molecule is C.C.CC(=O)/C=C/c1ccc(COO)cc1.O=C(/C=C/c1ccc(COO)cc1)c1ccccc1.O=C(O)c1ccc(C(=O)/C=C/c2ccccc2)cc1. The van der Waals surface area contributed by atoms with Crippen LogP contribution in [0, 0.1) is 0 Å². The summed E-state index contributed by atoms with van der Waals surface area (Å²) in [5.74, 6) is -1.16. The largest absolute Gasteiger partial charge is 0.478 e. The fourth-order valence-corrected chi connectivity index (χ4v) is 4.29. The van der Waals surface area contributed by atoms with Crippen molar-refractivity contribution in [3.63, 3.8) is 0 Å². The molecule has 0 amide bonds. The number of carbonyl (C=O) groups excluding carboxylic acids is 3. The fraction of sp³-hybridized carbons (Fsp3) is 0.111. The number of hydrogen-bond donors (Lipinski definition) is 3. The summed E-state index contributed by atoms with van der Waals surface area (Å²) in [6.45, 7) is 1.84. The van der Waals surface area contributed by atoms with Gasteiger partial charge in [-0.05, 0) is 65.1 Å². The Labute approximate surface area is 316 Å². The smallest absolute Gasteiger partial charge is 0.335 e. The summed E-state index contributed by atoms with van der Waals surface area (Å²) in [7, 11) is 0. The predicted octanol–water partition coefficient (Wildman–Crippen LogP) is 10.4. The van der Waals surface area contributed by atoms with Gasteiger partial charge in [-0.15, -0.1) is 0 Å². The molecule has 9 nitrogen and oxygen atoms in total. The third-order valence-electron chi connectivity index (χ3n) is 7.06. The zero-order valence-corrected chi connectivity index (χ0v) is 28.4. The second kappa shape index (κ2) is 25.6. The Balaban J connectivity index is 0.000000403. The number of hydrogen-bond acceptors (Lipinski definition) is 8. The van der Waals surface area contributed by atoms with E-state index in [-0.39, 0.29) is 51.0 Å². The molecule has 3 N–H and O–H groups in total. The normalized spacial score (nSPS) is 10.3. The molecule has 0 saturated carbocycles. The van der Waals surface area contributed by atoms with Crippen LogP contribution >= 0.6 is 0 Å². The number of aromatic carboxylic acids is 1. The Morgan fingerprint density at radius 3 is 1.22 bits per heavy atom. The molecule has 0 bridgehead atoms. The van der Waals surface area contributed by atoms with Gasteiger partial charge in [-0.3, -0.25) is 24.9 Å². The molecule has 280 valence electrons. The van der Waals surface area contributed by atoms with Crippen molar-refractivity contribution in [2.24, 2.45) is 0 Å². The first-order chi connectivity index (χ1) is 25.2. The van der Waals surface area contributed by atoms with E-state index < -0.39 is 5.97 Å². The number of carboxylic acids is 1. The molecule has 5 rings (SSSR count). The first-order valence-electron chi connectivity index (χ1n) is 16.0. The Morgan fingerprint density at radius 1 is 0.481 bits per heavy atom. The highest BCUT2D eigenvalue weighted by molar-refractivity contribution is 6.07. The minimum absolute atomic E-state index is 0. The number of rotatable bonds is 13. The zero-order valence-electron chi connectivity index (χ0n) is 28.4. The highest BCUT2D eigenvalue weighted by Crippen LogP contribution is 2.10. The summed E-state index contributed by atoms with van der Waals surface area (Å²) < 4.78 is 0. The van der Waals surface area contributed by atoms with Gasteiger partial charge < -0.3 is 5.11 Å². The van der Waals surface area contributed by atoms with E-state index in [9.17, 15) is 19.2 Å². The van der Waals surface area contributed by atoms with Crippen molar-refractivity contribution >= 4 is 41.5 Å². The molecular weight excluding hydrogens is 684 g/mol. The number of benzene rings is 5. The second-order valence-electron chi connectivity index (χ2n) is 11.0. The van der Waals surface area contributed by atoms with Crippen LogP contribution in [0.25, 0.3) is 18.2 Å². The summed E-state index contributed by atoms with van der Waals surface area (Å²) in [5, 5.41) is 25.3. The Morgan fingerprint density at radius 2 is 0.833 bits per heavy atom. The molecule has 0 fully saturated rings. The number of allylic oxidation sites excluding steroid dienone is 3. The zero-order chi connectivity index (χ0) is 37.6. The van der Waals surface area contributed by atoms with Crippen LogP contribution in [-0.4, -0.2) is 38.9 Å². The third-order valence-corrected chi connectivity index (χ3v) is 7.06. The molecule has 5 aromatic rings. The minimum Gasteiger partial charge on any atom is -0.478 e. The Kier molecular flexibility index (Phi) is 21.6. The average molecular weight is 731 g/mol. The van der Waals surface area contributed by atoms with Crippen LogP contribution < -0.4 is 0 Å². The molecule has 0 heterocycles. The van der Waals surface area contributed by atoms with Crippen LogP contribution in [0.4, 0.5) is 0 Å². The van der Waals surface area contributed by atoms with Crippen molar-refractivity contribution in [2.45, 2.75) is 35.0 Å². The van der Waals surface area contributed by atoms with E-state index in [0.717, 1.165) is 27.8 Å². The lowest BCUT2D eigenvalue weighted by atomic mass is 10.1. The molecule has 0 aliphatic heterocycles. The van der Waals surface area contributed by atoms with Gasteiger partial charge in [0.15, 0.2) is 17.3 Å². The van der Waals surface area contributed by atoms with Crippen LogP contribution in [0.5, 0.6) is 0 Å². The van der Waals surface area contributed by atoms with E-state index in [4.69, 9.17) is 15.6 Å². The molecular formula is C45H46O9. The van der Waals surface area contributed by atoms with Gasteiger partial charge in [0.1, 0.15) is 13.2 Å². The molecule has 0 aromatic heterocycles. The predicted molar refractivity (Wildman–Crippen MR) is 214 cm³/mol. The maximum Gasteiger partial charge on any atom is 0.335 e. The van der Waals surface area contributed by atoms with Crippen molar-refractivity contribution < 1.29 is 44.6 Å². The lowest BCUT2D eigenvalue weighted by molar-refractivity contribution is -0.253. The Hall–Kier alpha value is -6.36. The second-order valence-corrected chi connectivity index (χ2v) is 11.0. The molecule has 0 saturated heterocycles. The van der Waals surface area contributed by atoms with Gasteiger partial charge >= 0.3 is 5.97 Å². The van der Waals surface area contributed by atoms with Crippen molar-refractivity contribution in [2.75, 3.05) is 0 Å². The number of carbonyl (C=O) groups is 4. The van der Waals surface area contributed by atoms with E-state index in [1.807, 2.05) is 97.1 Å². The first kappa shape index (κ1) is 45.7. The van der Waals surface area contributed by atoms with Crippen LogP contribution in [0.1, 0.15) is 80.7 Å². The van der Waals surface area contributed by atoms with Crippen molar-refractivity contribution in [3.8, 4) is 0 Å². The van der Waals surface area contributed by atoms with Crippen LogP contribution in [0.3, 0.4) is 0 Å². The maximum atomic E-state index is 11.9. The van der Waals surface area contributed by atoms with Gasteiger partial charge in [-0.25, -0.2) is 14.6 Å². The van der Waals surface area contributed by atoms with E-state index in [0.29, 0.717) is 11.1 Å². The van der Waals surface area contributed by atoms with Crippen LogP contribution in [0.15, 0.2) is 152 Å². The molecule has 9 heteroatoms. The molecule has 0 aliphatic carbocycles. The standard InChI is InChI=1S/C16H12O3.C16H14O3.C11H12O3.2CH4/c17-15(11-6-12-4-2-1-3-5-12)13-7-9-14(10-8-13)16(18)19;17-16(15-4-2-1-3-5-15)11-10-13-6-8-14(9-7-13)12-19-18;1-9(12)2-3-10-4-6-11(7-5-10)8-14-13;;/h1-11H,(H,18,19);1-11,18H,12H2;2-7,13H,8H2,1H3;2*1H4/b11-6+;11-10+;3-2+;;. The van der Waals surface area contributed by atoms with Gasteiger partial charge in [-0.2, -0.15) is 0 Å². The molecule has 0 radical (unpaired) electrons. The fourth-order valence-electron chi connectivity index (χ4n) is 4.29. The number of carboxylic acid groups (broad SMARTS) is 1. The van der Waals surface area contributed by atoms with Gasteiger partial charge in [0, 0.05) is 11.1 Å². The summed E-state index contributed by atoms with van der Waals surface area (Å²) >= 11 is 0. The molecule has 5 aromatic carbocycles. The molecule has 0 spiro atoms. The molecule has 54 heavy (non-hydrogen) atoms. The van der Waals surface area contributed by atoms with E-state index in [1.165, 1.54) is 43.3 Å². The highest BCUT2D eigenvalue weighted by atomic mass is 17.1. The topological polar surface area (TPSA) is 147 Å². The lowest BCUT2D eigenvalue weighted by Crippen LogP contribution is -1.98. The van der Waals surface area contributed by atoms with Crippen molar-refractivity contribution in [1.82, 2.24) is 0 Å². The lowest BCUT2D eigenvalue weighted by Gasteiger charge is -1.99. The summed E-state index contributed by atoms with van der Waals surface area (Å²) in [4.78, 5) is 53.1. The highest BCUT2D eigenvalue weighted by Gasteiger charge is 2.05. The van der Waals surface area contributed by atoms with E-state index in [1.54, 1.807) is 36.4 Å². The molecule has 0 atom stereocenters. The van der Waals surface area contributed by atoms with Crippen molar-refractivity contribution in [3.05, 3.63) is 196 Å². The summed E-state index contributed by atoms with van der Waals surface area (Å²) in [6.07, 6.45) is 9.77. The van der Waals surface area contributed by atoms with E-state index >= 15 is 0 Å². The van der Waals surface area contributed by atoms with Gasteiger partial charge in [0.25, 0.3) is 0 Å². The molecule has 0 unspecified atom stereocenters. The Bertz CT molecular complexity index is 1940. The van der Waals surface area contributed by atoms with Crippen LogP contribution in [-0.2, 0) is 27.8 Å².